The van der Waals surface area contributed by atoms with E-state index < -0.39 is 5.97 Å². The molecule has 19 heavy (non-hydrogen) atoms. The van der Waals surface area contributed by atoms with Crippen molar-refractivity contribution in [3.63, 3.8) is 0 Å². The maximum Gasteiger partial charge on any atom is 0.337 e. The zero-order valence-corrected chi connectivity index (χ0v) is 10.5. The van der Waals surface area contributed by atoms with Crippen molar-refractivity contribution in [3.05, 3.63) is 53.3 Å². The molecule has 1 aromatic carbocycles. The van der Waals surface area contributed by atoms with Gasteiger partial charge in [-0.1, -0.05) is 17.7 Å². The Morgan fingerprint density at radius 1 is 1.26 bits per heavy atom. The zero-order chi connectivity index (χ0) is 13.4. The van der Waals surface area contributed by atoms with Crippen LogP contribution in [-0.4, -0.2) is 21.0 Å². The van der Waals surface area contributed by atoms with Crippen LogP contribution in [0.3, 0.4) is 0 Å². The van der Waals surface area contributed by atoms with Gasteiger partial charge in [0.2, 0.25) is 0 Å². The Bertz CT molecular complexity index is 763. The van der Waals surface area contributed by atoms with Gasteiger partial charge < -0.3 is 10.1 Å². The Kier molecular flexibility index (Phi) is 2.72. The highest BCUT2D eigenvalue weighted by atomic mass is 35.5. The zero-order valence-electron chi connectivity index (χ0n) is 9.72. The number of hydrogen-bond acceptors (Lipinski definition) is 2. The minimum atomic E-state index is -0.990. The monoisotopic (exact) mass is 272 g/mol. The molecular formula is C14H9ClN2O2. The predicted molar refractivity (Wildman–Crippen MR) is 73.5 cm³/mol. The fourth-order valence-corrected chi connectivity index (χ4v) is 2.30. The summed E-state index contributed by atoms with van der Waals surface area (Å²) in [5.41, 5.74) is 2.63. The number of rotatable bonds is 2. The molecule has 3 aromatic rings. The Hall–Kier alpha value is -2.33. The number of aromatic amines is 1. The van der Waals surface area contributed by atoms with Gasteiger partial charge in [-0.2, -0.15) is 0 Å². The number of fused-ring (bicyclic) bond motifs is 1. The summed E-state index contributed by atoms with van der Waals surface area (Å²) in [6.45, 7) is 0. The number of aromatic nitrogens is 2. The lowest BCUT2D eigenvalue weighted by Crippen LogP contribution is -1.96. The smallest absolute Gasteiger partial charge is 0.337 e. The van der Waals surface area contributed by atoms with Gasteiger partial charge in [0.1, 0.15) is 0 Å². The van der Waals surface area contributed by atoms with E-state index in [-0.39, 0.29) is 5.56 Å². The van der Waals surface area contributed by atoms with Gasteiger partial charge in [0.15, 0.2) is 0 Å². The standard InChI is InChI=1S/C14H9ClN2O2/c15-10-2-1-3-12-13(10)9(7-17-12)11-5-4-8(6-16-11)14(18)19/h1-7,17H,(H,18,19). The Morgan fingerprint density at radius 3 is 2.79 bits per heavy atom. The van der Waals surface area contributed by atoms with Crippen LogP contribution in [0.1, 0.15) is 10.4 Å². The summed E-state index contributed by atoms with van der Waals surface area (Å²) in [5, 5.41) is 10.4. The van der Waals surface area contributed by atoms with Crippen molar-refractivity contribution in [2.75, 3.05) is 0 Å². The van der Waals surface area contributed by atoms with E-state index in [4.69, 9.17) is 16.7 Å². The van der Waals surface area contributed by atoms with E-state index in [2.05, 4.69) is 9.97 Å². The second-order valence-electron chi connectivity index (χ2n) is 4.10. The van der Waals surface area contributed by atoms with Crippen molar-refractivity contribution >= 4 is 28.5 Å². The van der Waals surface area contributed by atoms with Crippen LogP contribution in [0.2, 0.25) is 5.02 Å². The number of benzene rings is 1. The average molecular weight is 273 g/mol. The molecule has 2 N–H and O–H groups in total. The number of nitrogens with zero attached hydrogens (tertiary/aromatic N) is 1. The summed E-state index contributed by atoms with van der Waals surface area (Å²) in [4.78, 5) is 18.1. The summed E-state index contributed by atoms with van der Waals surface area (Å²) in [5.74, 6) is -0.990. The Labute approximate surface area is 113 Å². The summed E-state index contributed by atoms with van der Waals surface area (Å²) < 4.78 is 0. The van der Waals surface area contributed by atoms with Crippen LogP contribution in [-0.2, 0) is 0 Å². The van der Waals surface area contributed by atoms with Gasteiger partial charge in [-0.15, -0.1) is 0 Å². The van der Waals surface area contributed by atoms with Crippen molar-refractivity contribution in [1.82, 2.24) is 9.97 Å². The molecule has 0 spiro atoms. The fourth-order valence-electron chi connectivity index (χ4n) is 2.02. The molecule has 0 amide bonds. The predicted octanol–water partition coefficient (Wildman–Crippen LogP) is 3.58. The first-order chi connectivity index (χ1) is 9.16. The van der Waals surface area contributed by atoms with Gasteiger partial charge in [0.05, 0.1) is 16.3 Å². The van der Waals surface area contributed by atoms with Crippen molar-refractivity contribution in [1.29, 1.82) is 0 Å². The van der Waals surface area contributed by atoms with Gasteiger partial charge >= 0.3 is 5.97 Å². The third-order valence-corrected chi connectivity index (χ3v) is 3.26. The van der Waals surface area contributed by atoms with Crippen LogP contribution in [0.5, 0.6) is 0 Å². The average Bonchev–Trinajstić information content (AvgIpc) is 2.84. The van der Waals surface area contributed by atoms with Crippen molar-refractivity contribution in [3.8, 4) is 11.3 Å². The lowest BCUT2D eigenvalue weighted by molar-refractivity contribution is 0.0696. The number of nitrogens with one attached hydrogen (secondary N) is 1. The molecule has 0 radical (unpaired) electrons. The lowest BCUT2D eigenvalue weighted by atomic mass is 10.1. The molecule has 2 heterocycles. The second-order valence-corrected chi connectivity index (χ2v) is 4.51. The van der Waals surface area contributed by atoms with Gasteiger partial charge in [0, 0.05) is 28.9 Å². The minimum absolute atomic E-state index is 0.162. The molecule has 0 saturated carbocycles. The van der Waals surface area contributed by atoms with E-state index >= 15 is 0 Å². The highest BCUT2D eigenvalue weighted by Crippen LogP contribution is 2.32. The van der Waals surface area contributed by atoms with Crippen LogP contribution in [0.15, 0.2) is 42.7 Å². The molecule has 0 fully saturated rings. The maximum absolute atomic E-state index is 10.8. The van der Waals surface area contributed by atoms with E-state index in [9.17, 15) is 4.79 Å². The summed E-state index contributed by atoms with van der Waals surface area (Å²) in [7, 11) is 0. The Morgan fingerprint density at radius 2 is 2.11 bits per heavy atom. The van der Waals surface area contributed by atoms with Gasteiger partial charge in [-0.25, -0.2) is 4.79 Å². The first-order valence-corrected chi connectivity index (χ1v) is 6.00. The van der Waals surface area contributed by atoms with Gasteiger partial charge in [0.25, 0.3) is 0 Å². The normalized spacial score (nSPS) is 10.8. The first kappa shape index (κ1) is 11.7. The number of carboxylic acid groups (broad SMARTS) is 1. The van der Waals surface area contributed by atoms with Gasteiger partial charge in [-0.05, 0) is 24.3 Å². The van der Waals surface area contributed by atoms with Crippen molar-refractivity contribution < 1.29 is 9.90 Å². The molecule has 0 aliphatic heterocycles. The van der Waals surface area contributed by atoms with Crippen molar-refractivity contribution in [2.45, 2.75) is 0 Å². The minimum Gasteiger partial charge on any atom is -0.478 e. The molecule has 0 saturated heterocycles. The lowest BCUT2D eigenvalue weighted by Gasteiger charge is -2.01. The topological polar surface area (TPSA) is 66.0 Å². The number of hydrogen-bond donors (Lipinski definition) is 2. The first-order valence-electron chi connectivity index (χ1n) is 5.62. The van der Waals surface area contributed by atoms with Crippen LogP contribution >= 0.6 is 11.6 Å². The number of pyridine rings is 1. The molecule has 5 heteroatoms. The van der Waals surface area contributed by atoms with Gasteiger partial charge in [-0.3, -0.25) is 4.98 Å². The molecule has 4 nitrogen and oxygen atoms in total. The largest absolute Gasteiger partial charge is 0.478 e. The van der Waals surface area contributed by atoms with Crippen LogP contribution in [0.25, 0.3) is 22.2 Å². The quantitative estimate of drug-likeness (QED) is 0.749. The van der Waals surface area contributed by atoms with E-state index in [0.29, 0.717) is 10.7 Å². The highest BCUT2D eigenvalue weighted by molar-refractivity contribution is 6.36. The van der Waals surface area contributed by atoms with Crippen LogP contribution in [0, 0.1) is 0 Å². The molecular weight excluding hydrogens is 264 g/mol. The molecule has 0 atom stereocenters. The molecule has 0 bridgehead atoms. The third kappa shape index (κ3) is 1.96. The van der Waals surface area contributed by atoms with E-state index in [1.807, 2.05) is 24.4 Å². The van der Waals surface area contributed by atoms with E-state index in [1.165, 1.54) is 12.3 Å². The highest BCUT2D eigenvalue weighted by Gasteiger charge is 2.11. The molecule has 0 aliphatic carbocycles. The molecule has 3 rings (SSSR count). The summed E-state index contributed by atoms with van der Waals surface area (Å²) >= 11 is 6.19. The number of H-pyrrole nitrogens is 1. The van der Waals surface area contributed by atoms with E-state index in [0.717, 1.165) is 16.5 Å². The summed E-state index contributed by atoms with van der Waals surface area (Å²) in [6.07, 6.45) is 3.16. The number of aromatic carboxylic acids is 1. The van der Waals surface area contributed by atoms with Crippen LogP contribution < -0.4 is 0 Å². The number of carbonyl (C=O) groups is 1. The van der Waals surface area contributed by atoms with Crippen LogP contribution in [0.4, 0.5) is 0 Å². The SMILES string of the molecule is O=C(O)c1ccc(-c2c[nH]c3cccc(Cl)c23)nc1. The molecule has 0 unspecified atom stereocenters. The Balaban J connectivity index is 2.16. The third-order valence-electron chi connectivity index (χ3n) is 2.94. The number of carboxylic acids is 1. The maximum atomic E-state index is 10.8. The number of halogens is 1. The molecule has 2 aromatic heterocycles. The fraction of sp³-hybridized carbons (Fsp3) is 0. The second kappa shape index (κ2) is 4.40. The molecule has 94 valence electrons. The van der Waals surface area contributed by atoms with E-state index in [1.54, 1.807) is 6.07 Å². The molecule has 0 aliphatic rings. The van der Waals surface area contributed by atoms with Crippen molar-refractivity contribution in [2.24, 2.45) is 0 Å². The summed E-state index contributed by atoms with van der Waals surface area (Å²) in [6, 6.07) is 8.81.